The molecule has 0 spiro atoms. The summed E-state index contributed by atoms with van der Waals surface area (Å²) in [6.45, 7) is 4.68. The number of aromatic nitrogens is 2. The maximum absolute atomic E-state index is 5.77. The van der Waals surface area contributed by atoms with Crippen molar-refractivity contribution in [2.24, 2.45) is 12.8 Å². The highest BCUT2D eigenvalue weighted by molar-refractivity contribution is 5.69. The molecule has 2 aromatic rings. The first kappa shape index (κ1) is 10.9. The Morgan fingerprint density at radius 1 is 1.25 bits per heavy atom. The zero-order valence-corrected chi connectivity index (χ0v) is 9.99. The number of nitrogens with zero attached hydrogens (tertiary/aromatic N) is 2. The van der Waals surface area contributed by atoms with E-state index in [0.29, 0.717) is 6.54 Å². The van der Waals surface area contributed by atoms with Crippen molar-refractivity contribution >= 4 is 0 Å². The molecule has 1 aromatic heterocycles. The van der Waals surface area contributed by atoms with Crippen LogP contribution in [0, 0.1) is 13.8 Å². The van der Waals surface area contributed by atoms with Crippen molar-refractivity contribution in [2.75, 3.05) is 0 Å². The molecule has 0 bridgehead atoms. The molecule has 2 N–H and O–H groups in total. The van der Waals surface area contributed by atoms with Gasteiger partial charge in [-0.25, -0.2) is 0 Å². The summed E-state index contributed by atoms with van der Waals surface area (Å²) in [5.74, 6) is 0. The van der Waals surface area contributed by atoms with Crippen LogP contribution in [0.2, 0.25) is 0 Å². The van der Waals surface area contributed by atoms with E-state index in [4.69, 9.17) is 5.73 Å². The lowest BCUT2D eigenvalue weighted by Crippen LogP contribution is -1.99. The van der Waals surface area contributed by atoms with Crippen molar-refractivity contribution in [1.82, 2.24) is 9.78 Å². The zero-order valence-electron chi connectivity index (χ0n) is 9.99. The van der Waals surface area contributed by atoms with Gasteiger partial charge in [-0.05, 0) is 25.0 Å². The molecule has 84 valence electrons. The first-order valence-corrected chi connectivity index (χ1v) is 5.42. The molecule has 0 unspecified atom stereocenters. The van der Waals surface area contributed by atoms with Gasteiger partial charge in [0.25, 0.3) is 0 Å². The van der Waals surface area contributed by atoms with Crippen molar-refractivity contribution in [3.05, 3.63) is 41.2 Å². The molecule has 0 amide bonds. The molecule has 3 heteroatoms. The van der Waals surface area contributed by atoms with Crippen LogP contribution in [0.1, 0.15) is 16.8 Å². The molecule has 0 fully saturated rings. The lowest BCUT2D eigenvalue weighted by atomic mass is 9.98. The highest BCUT2D eigenvalue weighted by Crippen LogP contribution is 2.26. The highest BCUT2D eigenvalue weighted by atomic mass is 15.2. The average molecular weight is 215 g/mol. The minimum Gasteiger partial charge on any atom is -0.326 e. The molecule has 0 radical (unpaired) electrons. The van der Waals surface area contributed by atoms with Gasteiger partial charge in [-0.15, -0.1) is 0 Å². The predicted octanol–water partition coefficient (Wildman–Crippen LogP) is 2.16. The summed E-state index contributed by atoms with van der Waals surface area (Å²) in [4.78, 5) is 0. The van der Waals surface area contributed by atoms with E-state index < -0.39 is 0 Å². The van der Waals surface area contributed by atoms with Gasteiger partial charge in [0.15, 0.2) is 0 Å². The lowest BCUT2D eigenvalue weighted by Gasteiger charge is -2.07. The van der Waals surface area contributed by atoms with Crippen LogP contribution in [0.3, 0.4) is 0 Å². The van der Waals surface area contributed by atoms with Crippen LogP contribution in [-0.2, 0) is 13.6 Å². The normalized spacial score (nSPS) is 10.8. The average Bonchev–Trinajstić information content (AvgIpc) is 2.57. The molecule has 0 saturated carbocycles. The molecular formula is C13H17N3. The maximum atomic E-state index is 5.77. The topological polar surface area (TPSA) is 43.8 Å². The summed E-state index contributed by atoms with van der Waals surface area (Å²) in [6.07, 6.45) is 2.04. The van der Waals surface area contributed by atoms with Crippen molar-refractivity contribution in [1.29, 1.82) is 0 Å². The van der Waals surface area contributed by atoms with Gasteiger partial charge in [0, 0.05) is 25.4 Å². The summed E-state index contributed by atoms with van der Waals surface area (Å²) in [7, 11) is 1.94. The number of aryl methyl sites for hydroxylation is 3. The molecule has 0 atom stereocenters. The van der Waals surface area contributed by atoms with Crippen LogP contribution in [0.25, 0.3) is 11.1 Å². The molecule has 0 aliphatic carbocycles. The van der Waals surface area contributed by atoms with Crippen molar-refractivity contribution in [3.8, 4) is 11.1 Å². The molecule has 0 aliphatic heterocycles. The molecule has 3 nitrogen and oxygen atoms in total. The van der Waals surface area contributed by atoms with Crippen LogP contribution >= 0.6 is 0 Å². The van der Waals surface area contributed by atoms with E-state index in [-0.39, 0.29) is 0 Å². The SMILES string of the molecule is Cc1ccc(CN)c(-c2cn(C)nc2C)c1. The minimum absolute atomic E-state index is 0.559. The summed E-state index contributed by atoms with van der Waals surface area (Å²) >= 11 is 0. The third-order valence-electron chi connectivity index (χ3n) is 2.79. The standard InChI is InChI=1S/C13H17N3/c1-9-4-5-11(7-14)12(6-9)13-8-16(3)15-10(13)2/h4-6,8H,7,14H2,1-3H3. The van der Waals surface area contributed by atoms with E-state index in [1.165, 1.54) is 22.3 Å². The van der Waals surface area contributed by atoms with Crippen molar-refractivity contribution < 1.29 is 0 Å². The Bertz CT molecular complexity index is 512. The second-order valence-corrected chi connectivity index (χ2v) is 4.17. The number of benzene rings is 1. The second kappa shape index (κ2) is 4.10. The lowest BCUT2D eigenvalue weighted by molar-refractivity contribution is 0.756. The third kappa shape index (κ3) is 1.86. The zero-order chi connectivity index (χ0) is 11.7. The molecule has 16 heavy (non-hydrogen) atoms. The molecule has 1 aromatic carbocycles. The molecular weight excluding hydrogens is 198 g/mol. The van der Waals surface area contributed by atoms with E-state index in [1.54, 1.807) is 0 Å². The van der Waals surface area contributed by atoms with Crippen molar-refractivity contribution in [3.63, 3.8) is 0 Å². The fraction of sp³-hybridized carbons (Fsp3) is 0.308. The Balaban J connectivity index is 2.62. The van der Waals surface area contributed by atoms with Gasteiger partial charge >= 0.3 is 0 Å². The van der Waals surface area contributed by atoms with E-state index >= 15 is 0 Å². The Labute approximate surface area is 95.9 Å². The van der Waals surface area contributed by atoms with E-state index in [2.05, 4.69) is 30.2 Å². The van der Waals surface area contributed by atoms with Gasteiger partial charge in [-0.3, -0.25) is 4.68 Å². The van der Waals surface area contributed by atoms with Gasteiger partial charge in [0.1, 0.15) is 0 Å². The second-order valence-electron chi connectivity index (χ2n) is 4.17. The summed E-state index contributed by atoms with van der Waals surface area (Å²) in [6, 6.07) is 6.36. The quantitative estimate of drug-likeness (QED) is 0.834. The van der Waals surface area contributed by atoms with Gasteiger partial charge < -0.3 is 5.73 Å². The number of nitrogens with two attached hydrogens (primary N) is 1. The molecule has 1 heterocycles. The number of hydrogen-bond donors (Lipinski definition) is 1. The van der Waals surface area contributed by atoms with E-state index in [0.717, 1.165) is 5.69 Å². The molecule has 2 rings (SSSR count). The molecule has 0 aliphatic rings. The number of rotatable bonds is 2. The fourth-order valence-corrected chi connectivity index (χ4v) is 1.98. The monoisotopic (exact) mass is 215 g/mol. The van der Waals surface area contributed by atoms with E-state index in [1.807, 2.05) is 24.9 Å². The summed E-state index contributed by atoms with van der Waals surface area (Å²) in [5, 5.41) is 4.37. The van der Waals surface area contributed by atoms with Gasteiger partial charge in [-0.2, -0.15) is 5.10 Å². The van der Waals surface area contributed by atoms with Gasteiger partial charge in [-0.1, -0.05) is 23.8 Å². The van der Waals surface area contributed by atoms with Crippen LogP contribution in [0.5, 0.6) is 0 Å². The Morgan fingerprint density at radius 2 is 2.00 bits per heavy atom. The van der Waals surface area contributed by atoms with Crippen LogP contribution in [-0.4, -0.2) is 9.78 Å². The third-order valence-corrected chi connectivity index (χ3v) is 2.79. The van der Waals surface area contributed by atoms with Gasteiger partial charge in [0.2, 0.25) is 0 Å². The van der Waals surface area contributed by atoms with Crippen LogP contribution in [0.15, 0.2) is 24.4 Å². The molecule has 0 saturated heterocycles. The van der Waals surface area contributed by atoms with E-state index in [9.17, 15) is 0 Å². The Hall–Kier alpha value is -1.61. The largest absolute Gasteiger partial charge is 0.326 e. The van der Waals surface area contributed by atoms with Crippen molar-refractivity contribution in [2.45, 2.75) is 20.4 Å². The van der Waals surface area contributed by atoms with Crippen LogP contribution < -0.4 is 5.73 Å². The fourth-order valence-electron chi connectivity index (χ4n) is 1.98. The maximum Gasteiger partial charge on any atom is 0.0672 e. The van der Waals surface area contributed by atoms with Crippen LogP contribution in [0.4, 0.5) is 0 Å². The Kier molecular flexibility index (Phi) is 2.79. The first-order chi connectivity index (χ1) is 7.61. The minimum atomic E-state index is 0.559. The number of hydrogen-bond acceptors (Lipinski definition) is 2. The summed E-state index contributed by atoms with van der Waals surface area (Å²) < 4.78 is 1.84. The predicted molar refractivity (Wildman–Crippen MR) is 66.0 cm³/mol. The highest BCUT2D eigenvalue weighted by Gasteiger charge is 2.09. The summed E-state index contributed by atoms with van der Waals surface area (Å²) in [5.41, 5.74) is 11.6. The Morgan fingerprint density at radius 3 is 2.56 bits per heavy atom. The smallest absolute Gasteiger partial charge is 0.0672 e. The first-order valence-electron chi connectivity index (χ1n) is 5.42. The van der Waals surface area contributed by atoms with Gasteiger partial charge in [0.05, 0.1) is 5.69 Å².